The fourth-order valence-corrected chi connectivity index (χ4v) is 2.44. The summed E-state index contributed by atoms with van der Waals surface area (Å²) in [6.07, 6.45) is 2.03. The highest BCUT2D eigenvalue weighted by Gasteiger charge is 2.20. The van der Waals surface area contributed by atoms with Crippen LogP contribution in [0.4, 0.5) is 0 Å². The van der Waals surface area contributed by atoms with E-state index in [1.807, 2.05) is 23.1 Å². The Hall–Kier alpha value is -1.55. The van der Waals surface area contributed by atoms with Crippen molar-refractivity contribution in [1.29, 1.82) is 0 Å². The van der Waals surface area contributed by atoms with Gasteiger partial charge in [-0.25, -0.2) is 0 Å². The minimum Gasteiger partial charge on any atom is -0.493 e. The molecule has 18 heavy (non-hydrogen) atoms. The number of hydrogen-bond donors (Lipinski definition) is 0. The summed E-state index contributed by atoms with van der Waals surface area (Å²) in [5.41, 5.74) is 1.92. The molecular weight excluding hydrogens is 230 g/mol. The number of benzene rings is 1. The Balaban J connectivity index is 1.80. The van der Waals surface area contributed by atoms with Gasteiger partial charge >= 0.3 is 0 Å². The number of hydrogen-bond acceptors (Lipinski definition) is 3. The Bertz CT molecular complexity index is 452. The number of morpholine rings is 1. The number of carbonyl (C=O) groups is 1. The second-order valence-electron chi connectivity index (χ2n) is 4.68. The Morgan fingerprint density at radius 2 is 2.00 bits per heavy atom. The first-order valence-corrected chi connectivity index (χ1v) is 6.47. The van der Waals surface area contributed by atoms with Crippen LogP contribution in [0.5, 0.6) is 5.75 Å². The molecule has 1 aromatic carbocycles. The van der Waals surface area contributed by atoms with E-state index in [0.29, 0.717) is 26.3 Å². The number of carbonyl (C=O) groups excluding carboxylic acids is 1. The lowest BCUT2D eigenvalue weighted by atomic mass is 10.0. The first-order valence-electron chi connectivity index (χ1n) is 6.47. The van der Waals surface area contributed by atoms with Gasteiger partial charge < -0.3 is 14.4 Å². The molecule has 0 spiro atoms. The summed E-state index contributed by atoms with van der Waals surface area (Å²) in [6, 6.07) is 5.76. The molecule has 4 heteroatoms. The Morgan fingerprint density at radius 3 is 2.83 bits per heavy atom. The van der Waals surface area contributed by atoms with Crippen molar-refractivity contribution >= 4 is 5.91 Å². The summed E-state index contributed by atoms with van der Waals surface area (Å²) in [5.74, 6) is 1.03. The molecule has 4 nitrogen and oxygen atoms in total. The van der Waals surface area contributed by atoms with Gasteiger partial charge in [-0.15, -0.1) is 0 Å². The van der Waals surface area contributed by atoms with Gasteiger partial charge in [0.15, 0.2) is 0 Å². The maximum atomic E-state index is 12.3. The summed E-state index contributed by atoms with van der Waals surface area (Å²) in [7, 11) is 0. The first-order chi connectivity index (χ1) is 8.84. The number of nitrogens with zero attached hydrogens (tertiary/aromatic N) is 1. The topological polar surface area (TPSA) is 38.8 Å². The number of aryl methyl sites for hydroxylation is 1. The second kappa shape index (κ2) is 4.98. The highest BCUT2D eigenvalue weighted by molar-refractivity contribution is 5.94. The zero-order valence-electron chi connectivity index (χ0n) is 10.4. The van der Waals surface area contributed by atoms with Crippen LogP contribution in [0.15, 0.2) is 18.2 Å². The minimum atomic E-state index is 0.103. The maximum Gasteiger partial charge on any atom is 0.254 e. The standard InChI is InChI=1S/C14H17NO3/c16-14(15-5-8-17-9-6-15)12-3-4-13-11(10-12)2-1-7-18-13/h3-4,10H,1-2,5-9H2. The third-order valence-electron chi connectivity index (χ3n) is 3.45. The van der Waals surface area contributed by atoms with Crippen LogP contribution in [-0.2, 0) is 11.2 Å². The molecule has 1 saturated heterocycles. The fraction of sp³-hybridized carbons (Fsp3) is 0.500. The number of rotatable bonds is 1. The zero-order chi connectivity index (χ0) is 12.4. The molecule has 2 aliphatic heterocycles. The van der Waals surface area contributed by atoms with Gasteiger partial charge in [0.25, 0.3) is 5.91 Å². The molecule has 0 atom stereocenters. The molecule has 3 rings (SSSR count). The molecule has 96 valence electrons. The van der Waals surface area contributed by atoms with Gasteiger partial charge in [-0.1, -0.05) is 0 Å². The maximum absolute atomic E-state index is 12.3. The molecule has 1 amide bonds. The van der Waals surface area contributed by atoms with Crippen molar-refractivity contribution in [2.24, 2.45) is 0 Å². The molecule has 0 aromatic heterocycles. The smallest absolute Gasteiger partial charge is 0.254 e. The van der Waals surface area contributed by atoms with Gasteiger partial charge in [0, 0.05) is 18.7 Å². The molecule has 0 saturated carbocycles. The SMILES string of the molecule is O=C(c1ccc2c(c1)CCCO2)N1CCOCC1. The van der Waals surface area contributed by atoms with E-state index in [-0.39, 0.29) is 5.91 Å². The van der Waals surface area contributed by atoms with Crippen molar-refractivity contribution in [3.8, 4) is 5.75 Å². The lowest BCUT2D eigenvalue weighted by molar-refractivity contribution is 0.0303. The molecule has 0 aliphatic carbocycles. The summed E-state index contributed by atoms with van der Waals surface area (Å²) in [5, 5.41) is 0. The van der Waals surface area contributed by atoms with E-state index >= 15 is 0 Å². The minimum absolute atomic E-state index is 0.103. The summed E-state index contributed by atoms with van der Waals surface area (Å²) < 4.78 is 10.8. The van der Waals surface area contributed by atoms with Crippen molar-refractivity contribution < 1.29 is 14.3 Å². The number of fused-ring (bicyclic) bond motifs is 1. The van der Waals surface area contributed by atoms with Crippen molar-refractivity contribution in [2.75, 3.05) is 32.9 Å². The molecule has 0 radical (unpaired) electrons. The van der Waals surface area contributed by atoms with Crippen molar-refractivity contribution in [3.63, 3.8) is 0 Å². The van der Waals surface area contributed by atoms with E-state index in [9.17, 15) is 4.79 Å². The van der Waals surface area contributed by atoms with Crippen LogP contribution < -0.4 is 4.74 Å². The van der Waals surface area contributed by atoms with Crippen LogP contribution in [0, 0.1) is 0 Å². The molecule has 0 bridgehead atoms. The van der Waals surface area contributed by atoms with Gasteiger partial charge in [0.1, 0.15) is 5.75 Å². The normalized spacial score (nSPS) is 19.0. The largest absolute Gasteiger partial charge is 0.493 e. The van der Waals surface area contributed by atoms with Gasteiger partial charge in [0.05, 0.1) is 19.8 Å². The Labute approximate surface area is 106 Å². The monoisotopic (exact) mass is 247 g/mol. The van der Waals surface area contributed by atoms with E-state index in [4.69, 9.17) is 9.47 Å². The zero-order valence-corrected chi connectivity index (χ0v) is 10.4. The Kier molecular flexibility index (Phi) is 3.19. The molecule has 1 fully saturated rings. The van der Waals surface area contributed by atoms with Gasteiger partial charge in [-0.3, -0.25) is 4.79 Å². The molecule has 2 aliphatic rings. The summed E-state index contributed by atoms with van der Waals surface area (Å²) in [6.45, 7) is 3.43. The second-order valence-corrected chi connectivity index (χ2v) is 4.68. The molecule has 1 aromatic rings. The predicted octanol–water partition coefficient (Wildman–Crippen LogP) is 1.48. The molecule has 0 unspecified atom stereocenters. The van der Waals surface area contributed by atoms with E-state index in [1.165, 1.54) is 0 Å². The first kappa shape index (κ1) is 11.5. The average molecular weight is 247 g/mol. The van der Waals surface area contributed by atoms with Crippen molar-refractivity contribution in [3.05, 3.63) is 29.3 Å². The van der Waals surface area contributed by atoms with Crippen molar-refractivity contribution in [1.82, 2.24) is 4.90 Å². The Morgan fingerprint density at radius 1 is 1.17 bits per heavy atom. The summed E-state index contributed by atoms with van der Waals surface area (Å²) in [4.78, 5) is 14.2. The lowest BCUT2D eigenvalue weighted by Crippen LogP contribution is -2.40. The van der Waals surface area contributed by atoms with E-state index in [2.05, 4.69) is 0 Å². The van der Waals surface area contributed by atoms with Crippen LogP contribution in [-0.4, -0.2) is 43.7 Å². The quantitative estimate of drug-likeness (QED) is 0.754. The lowest BCUT2D eigenvalue weighted by Gasteiger charge is -2.27. The van der Waals surface area contributed by atoms with E-state index in [1.54, 1.807) is 0 Å². The van der Waals surface area contributed by atoms with Gasteiger partial charge in [-0.2, -0.15) is 0 Å². The average Bonchev–Trinajstić information content (AvgIpc) is 2.47. The number of amides is 1. The van der Waals surface area contributed by atoms with Gasteiger partial charge in [-0.05, 0) is 36.6 Å². The van der Waals surface area contributed by atoms with Crippen LogP contribution in [0.25, 0.3) is 0 Å². The third kappa shape index (κ3) is 2.20. The third-order valence-corrected chi connectivity index (χ3v) is 3.45. The highest BCUT2D eigenvalue weighted by atomic mass is 16.5. The highest BCUT2D eigenvalue weighted by Crippen LogP contribution is 2.26. The predicted molar refractivity (Wildman–Crippen MR) is 67.0 cm³/mol. The van der Waals surface area contributed by atoms with Crippen LogP contribution in [0.2, 0.25) is 0 Å². The molecule has 2 heterocycles. The fourth-order valence-electron chi connectivity index (χ4n) is 2.44. The van der Waals surface area contributed by atoms with Crippen LogP contribution in [0.1, 0.15) is 22.3 Å². The summed E-state index contributed by atoms with van der Waals surface area (Å²) >= 11 is 0. The van der Waals surface area contributed by atoms with E-state index < -0.39 is 0 Å². The van der Waals surface area contributed by atoms with Crippen LogP contribution >= 0.6 is 0 Å². The van der Waals surface area contributed by atoms with E-state index in [0.717, 1.165) is 36.3 Å². The molecular formula is C14H17NO3. The number of ether oxygens (including phenoxy) is 2. The van der Waals surface area contributed by atoms with Gasteiger partial charge in [0.2, 0.25) is 0 Å². The van der Waals surface area contributed by atoms with Crippen LogP contribution in [0.3, 0.4) is 0 Å². The molecule has 0 N–H and O–H groups in total. The van der Waals surface area contributed by atoms with Crippen molar-refractivity contribution in [2.45, 2.75) is 12.8 Å².